The summed E-state index contributed by atoms with van der Waals surface area (Å²) >= 11 is 3.21. The number of para-hydroxylation sites is 3. The van der Waals surface area contributed by atoms with E-state index in [4.69, 9.17) is 21.1 Å². The highest BCUT2D eigenvalue weighted by atomic mass is 79.9. The second-order valence-electron chi connectivity index (χ2n) is 22.4. The lowest BCUT2D eigenvalue weighted by molar-refractivity contribution is -0.116. The summed E-state index contributed by atoms with van der Waals surface area (Å²) in [6.07, 6.45) is 6.92. The summed E-state index contributed by atoms with van der Waals surface area (Å²) < 4.78 is 2.88. The van der Waals surface area contributed by atoms with Crippen molar-refractivity contribution < 1.29 is 49.8 Å². The molecule has 3 aliphatic carbocycles. The van der Waals surface area contributed by atoms with Gasteiger partial charge in [0.25, 0.3) is 17.0 Å². The first kappa shape index (κ1) is 66.3. The van der Waals surface area contributed by atoms with Crippen molar-refractivity contribution in [3.05, 3.63) is 226 Å². The minimum absolute atomic E-state index is 0. The number of halogens is 1. The topological polar surface area (TPSA) is 356 Å². The Hall–Kier alpha value is -11.1. The van der Waals surface area contributed by atoms with Crippen LogP contribution in [0.5, 0.6) is 17.2 Å². The number of azo groups is 2. The van der Waals surface area contributed by atoms with Gasteiger partial charge in [0, 0.05) is 37.0 Å². The average molecular weight is 1410 g/mol. The number of carbonyl (C=O) groups excluding carboxylic acids is 1. The summed E-state index contributed by atoms with van der Waals surface area (Å²) in [6.45, 7) is 5.37. The number of amides is 1. The molecule has 0 saturated heterocycles. The summed E-state index contributed by atoms with van der Waals surface area (Å²) in [4.78, 5) is 72.9. The van der Waals surface area contributed by atoms with E-state index in [1.807, 2.05) is 49.4 Å². The maximum absolute atomic E-state index is 12.9. The number of aromatic hydroxyl groups is 3. The molecule has 0 atom stereocenters. The molecule has 0 unspecified atom stereocenters. The van der Waals surface area contributed by atoms with E-state index in [0.717, 1.165) is 88.9 Å². The van der Waals surface area contributed by atoms with E-state index in [2.05, 4.69) is 47.9 Å². The van der Waals surface area contributed by atoms with Crippen LogP contribution in [0.4, 0.5) is 34.1 Å². The van der Waals surface area contributed by atoms with E-state index < -0.39 is 17.9 Å². The molecule has 5 aromatic heterocycles. The Morgan fingerprint density at radius 2 is 0.833 bits per heavy atom. The number of nitrogens with two attached hydrogens (primary N) is 1. The van der Waals surface area contributed by atoms with Crippen LogP contribution in [-0.2, 0) is 43.3 Å². The van der Waals surface area contributed by atoms with E-state index in [0.29, 0.717) is 49.1 Å². The minimum atomic E-state index is -1.02. The zero-order valence-corrected chi connectivity index (χ0v) is 55.4. The normalized spacial score (nSPS) is 13.1. The lowest BCUT2D eigenvalue weighted by Gasteiger charge is -2.21. The minimum Gasteiger partial charge on any atom is -0.505 e. The number of hydrogen-bond donors (Lipinski definition) is 9. The number of carbonyl (C=O) groups is 4. The van der Waals surface area contributed by atoms with E-state index in [-0.39, 0.29) is 94.3 Å². The highest BCUT2D eigenvalue weighted by Gasteiger charge is 2.26. The Morgan fingerprint density at radius 3 is 1.18 bits per heavy atom. The highest BCUT2D eigenvalue weighted by Crippen LogP contribution is 2.43. The van der Waals surface area contributed by atoms with Gasteiger partial charge in [0.1, 0.15) is 31.8 Å². The number of carboxylic acids is 3. The number of rotatable bonds is 13. The number of nitrogens with one attached hydrogen (secondary N) is 2. The molecule has 6 aromatic carbocycles. The molecule has 11 aromatic rings. The summed E-state index contributed by atoms with van der Waals surface area (Å²) in [5, 5.41) is 86.4. The van der Waals surface area contributed by atoms with Crippen molar-refractivity contribution in [2.24, 2.45) is 25.6 Å². The fourth-order valence-corrected chi connectivity index (χ4v) is 13.4. The number of phenols is 3. The van der Waals surface area contributed by atoms with E-state index in [1.54, 1.807) is 86.6 Å². The fourth-order valence-electron chi connectivity index (χ4n) is 10.8. The molecule has 23 nitrogen and oxygen atoms in total. The molecular weight excluding hydrogens is 1350 g/mol. The van der Waals surface area contributed by atoms with Crippen LogP contribution < -0.4 is 21.9 Å². The smallest absolute Gasteiger partial charge is 0.345 e. The molecule has 15 rings (SSSR count). The number of hydrogen-bond acceptors (Lipinski definition) is 18. The van der Waals surface area contributed by atoms with Gasteiger partial charge in [0.15, 0.2) is 22.9 Å². The van der Waals surface area contributed by atoms with Crippen LogP contribution in [-0.4, -0.2) is 79.7 Å². The first-order valence-corrected chi connectivity index (χ1v) is 32.0. The van der Waals surface area contributed by atoms with Crippen molar-refractivity contribution >= 4 is 115 Å². The van der Waals surface area contributed by atoms with Crippen molar-refractivity contribution in [3.8, 4) is 59.9 Å². The molecule has 1 aliphatic heterocycles. The van der Waals surface area contributed by atoms with Gasteiger partial charge in [-0.1, -0.05) is 36.4 Å². The summed E-state index contributed by atoms with van der Waals surface area (Å²) in [6, 6.07) is 42.3. The van der Waals surface area contributed by atoms with Crippen molar-refractivity contribution in [1.29, 1.82) is 0 Å². The predicted molar refractivity (Wildman–Crippen MR) is 374 cm³/mol. The molecule has 486 valence electrons. The number of aryl methyl sites for hydroxylation is 8. The fraction of sp³-hybridized carbons (Fsp3) is 0.145. The molecule has 4 aliphatic rings. The molecule has 1 amide bonds. The Kier molecular flexibility index (Phi) is 19.2. The van der Waals surface area contributed by atoms with Gasteiger partial charge in [-0.05, 0) is 202 Å². The van der Waals surface area contributed by atoms with Gasteiger partial charge in [-0.15, -0.1) is 71.4 Å². The number of hydrazone groups is 1. The van der Waals surface area contributed by atoms with Crippen molar-refractivity contribution in [3.63, 3.8) is 0 Å². The average Bonchev–Trinajstić information content (AvgIpc) is 1.55. The van der Waals surface area contributed by atoms with Crippen LogP contribution in [0.3, 0.4) is 0 Å². The van der Waals surface area contributed by atoms with E-state index >= 15 is 0 Å². The first-order chi connectivity index (χ1) is 45.7. The van der Waals surface area contributed by atoms with E-state index in [9.17, 15) is 44.1 Å². The Balaban J connectivity index is 0.000000137. The number of benzene rings is 6. The van der Waals surface area contributed by atoms with Crippen molar-refractivity contribution in [2.45, 2.75) is 65.7 Å². The third-order valence-corrected chi connectivity index (χ3v) is 19.5. The number of aromatic nitrogens is 4. The molecular formula is C69H58BrN11O12S3. The number of anilines is 2. The second kappa shape index (κ2) is 27.8. The standard InChI is InChI=1S/2C23H18N4O4S.C12H12N2O.C11H9NO3S.BrH/c2*1-12-20(22(29)27(26-12)15-8-7-13-5-6-14(13)11-15)25-24-17-4-2-3-16(21(17)28)18-9-10-19(32-18)23(30)31;1-8-6-12(15)14(13-8)11-5-4-9-2-3-10(9)7-11;12-7-3-1-2-6(10(7)13)8-4-5-9(16-8)11(14)15;/h2*2-4,7-11,26,28H,5-6H2,1H3,(H,30,31);4-5,7H,2-3,6H2,1H3;1-5,13H,12H2,(H,14,15);1H. The molecule has 27 heteroatoms. The lowest BCUT2D eigenvalue weighted by atomic mass is 9.88. The van der Waals surface area contributed by atoms with Gasteiger partial charge >= 0.3 is 17.9 Å². The van der Waals surface area contributed by atoms with Gasteiger partial charge in [-0.2, -0.15) is 5.10 Å². The first-order valence-electron chi connectivity index (χ1n) is 29.6. The molecule has 0 bridgehead atoms. The Bertz CT molecular complexity index is 4920. The number of H-pyrrole nitrogens is 2. The van der Waals surface area contributed by atoms with Gasteiger partial charge in [0.2, 0.25) is 0 Å². The summed E-state index contributed by atoms with van der Waals surface area (Å²) in [5.74, 6) is -3.23. The number of nitrogens with zero attached hydrogens (tertiary/aromatic N) is 8. The van der Waals surface area contributed by atoms with Gasteiger partial charge < -0.3 is 36.4 Å². The highest BCUT2D eigenvalue weighted by molar-refractivity contribution is 8.93. The number of aromatic amines is 2. The lowest BCUT2D eigenvalue weighted by Crippen LogP contribution is -2.20. The third-order valence-electron chi connectivity index (χ3n) is 16.2. The molecule has 0 radical (unpaired) electrons. The number of carboxylic acid groups (broad SMARTS) is 3. The molecule has 0 saturated carbocycles. The third kappa shape index (κ3) is 13.6. The predicted octanol–water partition coefficient (Wildman–Crippen LogP) is 15.1. The number of phenolic OH excluding ortho intramolecular Hbond substituents is 3. The summed E-state index contributed by atoms with van der Waals surface area (Å²) in [7, 11) is 0. The second-order valence-corrected chi connectivity index (χ2v) is 25.7. The van der Waals surface area contributed by atoms with Crippen molar-refractivity contribution in [1.82, 2.24) is 19.6 Å². The molecule has 10 N–H and O–H groups in total. The Labute approximate surface area is 568 Å². The SMILES string of the molecule is Br.CC1=NN(c2ccc3c(c2)CC3)C(=O)C1.Cc1[nH]n(-c2ccc3c(c2)CC3)c(=O)c1N=Nc1cccc(-c2ccc(C(=O)O)s2)c1O.Cc1[nH]n(-c2ccc3c(c2)CC3)c(=O)c1N=Nc1cccc(-c2ccc(C(=O)O)s2)c1O.Nc1cccc(-c2ccc(C(=O)O)s2)c1O. The number of fused-ring (bicyclic) bond motifs is 3. The van der Waals surface area contributed by atoms with Gasteiger partial charge in [-0.3, -0.25) is 24.6 Å². The quantitative estimate of drug-likeness (QED) is 0.0295. The van der Waals surface area contributed by atoms with Crippen LogP contribution in [0.2, 0.25) is 0 Å². The molecule has 6 heterocycles. The van der Waals surface area contributed by atoms with Crippen LogP contribution in [0.1, 0.15) is 87.1 Å². The van der Waals surface area contributed by atoms with Crippen LogP contribution in [0.25, 0.3) is 42.7 Å². The largest absolute Gasteiger partial charge is 0.505 e. The van der Waals surface area contributed by atoms with Gasteiger partial charge in [-0.25, -0.2) is 28.8 Å². The Morgan fingerprint density at radius 1 is 0.469 bits per heavy atom. The number of aromatic carboxylic acids is 3. The zero-order chi connectivity index (χ0) is 66.9. The van der Waals surface area contributed by atoms with Crippen LogP contribution in [0, 0.1) is 13.8 Å². The monoisotopic (exact) mass is 1410 g/mol. The van der Waals surface area contributed by atoms with Gasteiger partial charge in [0.05, 0.1) is 40.6 Å². The molecule has 96 heavy (non-hydrogen) atoms. The number of thiophene rings is 3. The zero-order valence-electron chi connectivity index (χ0n) is 51.2. The molecule has 0 spiro atoms. The van der Waals surface area contributed by atoms with Crippen LogP contribution >= 0.6 is 51.0 Å². The van der Waals surface area contributed by atoms with Crippen LogP contribution in [0.15, 0.2) is 181 Å². The maximum atomic E-state index is 12.9. The molecule has 0 fully saturated rings. The van der Waals surface area contributed by atoms with Crippen molar-refractivity contribution in [2.75, 3.05) is 10.7 Å². The summed E-state index contributed by atoms with van der Waals surface area (Å²) in [5.41, 5.74) is 19.6. The maximum Gasteiger partial charge on any atom is 0.345 e. The number of nitrogen functional groups attached to an aromatic ring is 1. The van der Waals surface area contributed by atoms with E-state index in [1.165, 1.54) is 72.4 Å².